The zero-order valence-electron chi connectivity index (χ0n) is 12.9. The minimum atomic E-state index is -0.193. The molecule has 2 rings (SSSR count). The van der Waals surface area contributed by atoms with E-state index in [0.29, 0.717) is 17.4 Å². The van der Waals surface area contributed by atoms with Crippen molar-refractivity contribution in [3.63, 3.8) is 0 Å². The summed E-state index contributed by atoms with van der Waals surface area (Å²) < 4.78 is 19.4. The van der Waals surface area contributed by atoms with Gasteiger partial charge < -0.3 is 10.1 Å². The largest absolute Gasteiger partial charge is 0.496 e. The fourth-order valence-corrected chi connectivity index (χ4v) is 3.25. The van der Waals surface area contributed by atoms with Crippen LogP contribution in [-0.4, -0.2) is 13.2 Å². The highest BCUT2D eigenvalue weighted by Crippen LogP contribution is 2.32. The first-order valence-corrected chi connectivity index (χ1v) is 7.61. The van der Waals surface area contributed by atoms with Crippen LogP contribution in [-0.2, 0) is 0 Å². The van der Waals surface area contributed by atoms with E-state index in [9.17, 15) is 4.39 Å². The summed E-state index contributed by atoms with van der Waals surface area (Å²) in [6.07, 6.45) is 3.59. The molecule has 0 heterocycles. The van der Waals surface area contributed by atoms with Gasteiger partial charge in [-0.25, -0.2) is 4.39 Å². The molecule has 0 aromatic heterocycles. The van der Waals surface area contributed by atoms with Gasteiger partial charge in [0.25, 0.3) is 0 Å². The molecule has 1 aromatic carbocycles. The van der Waals surface area contributed by atoms with Gasteiger partial charge in [-0.15, -0.1) is 0 Å². The number of halogens is 1. The molecule has 1 aromatic rings. The maximum Gasteiger partial charge on any atom is 0.131 e. The lowest BCUT2D eigenvalue weighted by molar-refractivity contribution is 0.216. The molecule has 20 heavy (non-hydrogen) atoms. The summed E-state index contributed by atoms with van der Waals surface area (Å²) in [6, 6.07) is 5.45. The normalized spacial score (nSPS) is 28.1. The molecule has 0 bridgehead atoms. The molecule has 2 nitrogen and oxygen atoms in total. The number of ether oxygens (including phenoxy) is 1. The van der Waals surface area contributed by atoms with Crippen LogP contribution in [0, 0.1) is 17.7 Å². The van der Waals surface area contributed by atoms with Gasteiger partial charge in [-0.1, -0.05) is 19.9 Å². The molecule has 1 saturated carbocycles. The molecular formula is C17H26FNO. The third-order valence-electron chi connectivity index (χ3n) is 4.75. The Balaban J connectivity index is 2.07. The Morgan fingerprint density at radius 1 is 1.25 bits per heavy atom. The molecule has 1 fully saturated rings. The van der Waals surface area contributed by atoms with E-state index in [1.807, 2.05) is 13.0 Å². The summed E-state index contributed by atoms with van der Waals surface area (Å²) in [5, 5.41) is 3.58. The second-order valence-electron chi connectivity index (χ2n) is 6.21. The average Bonchev–Trinajstić information content (AvgIpc) is 2.42. The van der Waals surface area contributed by atoms with Gasteiger partial charge in [0.2, 0.25) is 0 Å². The smallest absolute Gasteiger partial charge is 0.131 e. The quantitative estimate of drug-likeness (QED) is 0.886. The van der Waals surface area contributed by atoms with Crippen LogP contribution in [0.15, 0.2) is 18.2 Å². The van der Waals surface area contributed by atoms with Crippen molar-refractivity contribution in [2.24, 2.45) is 11.8 Å². The highest BCUT2D eigenvalue weighted by molar-refractivity contribution is 5.37. The minimum Gasteiger partial charge on any atom is -0.496 e. The van der Waals surface area contributed by atoms with Gasteiger partial charge >= 0.3 is 0 Å². The number of benzene rings is 1. The highest BCUT2D eigenvalue weighted by atomic mass is 19.1. The van der Waals surface area contributed by atoms with Crippen molar-refractivity contribution in [2.45, 2.75) is 52.1 Å². The molecule has 4 unspecified atom stereocenters. The SMILES string of the molecule is COc1cccc(F)c1C(C)NC1CCC(C)C(C)C1. The van der Waals surface area contributed by atoms with E-state index in [2.05, 4.69) is 19.2 Å². The first kappa shape index (κ1) is 15.3. The third-order valence-corrected chi connectivity index (χ3v) is 4.75. The summed E-state index contributed by atoms with van der Waals surface area (Å²) in [6.45, 7) is 6.65. The van der Waals surface area contributed by atoms with E-state index in [1.54, 1.807) is 13.2 Å². The van der Waals surface area contributed by atoms with E-state index >= 15 is 0 Å². The Hall–Kier alpha value is -1.09. The van der Waals surface area contributed by atoms with Crippen molar-refractivity contribution < 1.29 is 9.13 Å². The first-order valence-electron chi connectivity index (χ1n) is 7.61. The standard InChI is InChI=1S/C17H26FNO/c1-11-8-9-14(10-12(11)2)19-13(3)17-15(18)6-5-7-16(17)20-4/h5-7,11-14,19H,8-10H2,1-4H3. The summed E-state index contributed by atoms with van der Waals surface area (Å²) in [5.74, 6) is 1.96. The minimum absolute atomic E-state index is 0.0308. The van der Waals surface area contributed by atoms with Crippen LogP contribution in [0.25, 0.3) is 0 Å². The van der Waals surface area contributed by atoms with Crippen LogP contribution in [0.1, 0.15) is 51.6 Å². The highest BCUT2D eigenvalue weighted by Gasteiger charge is 2.26. The second kappa shape index (κ2) is 6.57. The molecule has 1 aliphatic carbocycles. The number of nitrogens with one attached hydrogen (secondary N) is 1. The Labute approximate surface area is 121 Å². The molecule has 112 valence electrons. The Morgan fingerprint density at radius 3 is 2.65 bits per heavy atom. The zero-order valence-corrected chi connectivity index (χ0v) is 12.9. The van der Waals surface area contributed by atoms with Crippen LogP contribution in [0.4, 0.5) is 4.39 Å². The van der Waals surface area contributed by atoms with Crippen LogP contribution < -0.4 is 10.1 Å². The Morgan fingerprint density at radius 2 is 2.00 bits per heavy atom. The fourth-order valence-electron chi connectivity index (χ4n) is 3.25. The molecule has 0 aliphatic heterocycles. The monoisotopic (exact) mass is 279 g/mol. The summed E-state index contributed by atoms with van der Waals surface area (Å²) in [4.78, 5) is 0. The molecule has 0 amide bonds. The van der Waals surface area contributed by atoms with Gasteiger partial charge in [0, 0.05) is 17.6 Å². The second-order valence-corrected chi connectivity index (χ2v) is 6.21. The van der Waals surface area contributed by atoms with Crippen LogP contribution >= 0.6 is 0 Å². The molecule has 1 N–H and O–H groups in total. The number of methoxy groups -OCH3 is 1. The van der Waals surface area contributed by atoms with Gasteiger partial charge in [0.05, 0.1) is 7.11 Å². The van der Waals surface area contributed by atoms with Crippen LogP contribution in [0.5, 0.6) is 5.75 Å². The van der Waals surface area contributed by atoms with Crippen LogP contribution in [0.3, 0.4) is 0 Å². The van der Waals surface area contributed by atoms with E-state index in [0.717, 1.165) is 11.8 Å². The third kappa shape index (κ3) is 3.32. The molecule has 0 saturated heterocycles. The van der Waals surface area contributed by atoms with Gasteiger partial charge in [-0.2, -0.15) is 0 Å². The van der Waals surface area contributed by atoms with E-state index in [1.165, 1.54) is 25.3 Å². The lowest BCUT2D eigenvalue weighted by atomic mass is 9.79. The summed E-state index contributed by atoms with van der Waals surface area (Å²) >= 11 is 0. The molecule has 4 atom stereocenters. The van der Waals surface area contributed by atoms with E-state index in [-0.39, 0.29) is 11.9 Å². The van der Waals surface area contributed by atoms with Crippen molar-refractivity contribution in [3.05, 3.63) is 29.6 Å². The van der Waals surface area contributed by atoms with Crippen LogP contribution in [0.2, 0.25) is 0 Å². The Kier molecular flexibility index (Phi) is 5.03. The van der Waals surface area contributed by atoms with E-state index in [4.69, 9.17) is 4.74 Å². The average molecular weight is 279 g/mol. The van der Waals surface area contributed by atoms with Crippen molar-refractivity contribution in [3.8, 4) is 5.75 Å². The van der Waals surface area contributed by atoms with Gasteiger partial charge in [-0.3, -0.25) is 0 Å². The zero-order chi connectivity index (χ0) is 14.7. The number of rotatable bonds is 4. The lowest BCUT2D eigenvalue weighted by Gasteiger charge is -2.34. The van der Waals surface area contributed by atoms with Crippen molar-refractivity contribution in [1.82, 2.24) is 5.32 Å². The van der Waals surface area contributed by atoms with Gasteiger partial charge in [-0.05, 0) is 50.2 Å². The lowest BCUT2D eigenvalue weighted by Crippen LogP contribution is -2.37. The molecular weight excluding hydrogens is 253 g/mol. The van der Waals surface area contributed by atoms with Gasteiger partial charge in [0.1, 0.15) is 11.6 Å². The van der Waals surface area contributed by atoms with Gasteiger partial charge in [0.15, 0.2) is 0 Å². The maximum atomic E-state index is 14.1. The maximum absolute atomic E-state index is 14.1. The molecule has 1 aliphatic rings. The topological polar surface area (TPSA) is 21.3 Å². The summed E-state index contributed by atoms with van der Waals surface area (Å²) in [5.41, 5.74) is 0.640. The van der Waals surface area contributed by atoms with Crippen molar-refractivity contribution in [1.29, 1.82) is 0 Å². The van der Waals surface area contributed by atoms with E-state index < -0.39 is 0 Å². The molecule has 3 heteroatoms. The summed E-state index contributed by atoms with van der Waals surface area (Å²) in [7, 11) is 1.59. The molecule has 0 spiro atoms. The van der Waals surface area contributed by atoms with Crippen molar-refractivity contribution >= 4 is 0 Å². The predicted octanol–water partition coefficient (Wildman–Crippen LogP) is 4.31. The number of hydrogen-bond acceptors (Lipinski definition) is 2. The Bertz CT molecular complexity index is 449. The molecule has 0 radical (unpaired) electrons. The fraction of sp³-hybridized carbons (Fsp3) is 0.647. The van der Waals surface area contributed by atoms with Crippen molar-refractivity contribution in [2.75, 3.05) is 7.11 Å². The first-order chi connectivity index (χ1) is 9.52. The number of hydrogen-bond donors (Lipinski definition) is 1. The predicted molar refractivity (Wildman–Crippen MR) is 80.5 cm³/mol.